The zero-order chi connectivity index (χ0) is 17.4. The summed E-state index contributed by atoms with van der Waals surface area (Å²) in [6.45, 7) is 7.73. The van der Waals surface area contributed by atoms with Crippen molar-refractivity contribution in [1.29, 1.82) is 0 Å². The maximum atomic E-state index is 12.5. The molecule has 5 rings (SSSR count). The lowest BCUT2D eigenvalue weighted by molar-refractivity contribution is 0.322. The van der Waals surface area contributed by atoms with E-state index in [-0.39, 0.29) is 5.92 Å². The third-order valence-electron chi connectivity index (χ3n) is 4.78. The molecule has 1 saturated heterocycles. The fraction of sp³-hybridized carbons (Fsp3) is 0.471. The summed E-state index contributed by atoms with van der Waals surface area (Å²) < 4.78 is 16.7. The van der Waals surface area contributed by atoms with Crippen molar-refractivity contribution in [2.75, 3.05) is 13.1 Å². The largest absolute Gasteiger partial charge is 0.345 e. The van der Waals surface area contributed by atoms with Crippen LogP contribution in [0.1, 0.15) is 37.4 Å². The van der Waals surface area contributed by atoms with Gasteiger partial charge < -0.3 is 4.98 Å². The standard InChI is InChI=1S/C15H18N6OS.C2H4/c22-23(11-3-4-11)20-7-1-2-10(9-20)15-19-18-13-8-17-14-12(21(13)15)5-6-16-14;1-2/h5-6,8,10-11,16H,1-4,7,9H2;1-2H2/t10-,23?;/m1./s1. The maximum absolute atomic E-state index is 12.5. The van der Waals surface area contributed by atoms with Crippen molar-refractivity contribution >= 4 is 27.8 Å². The first-order valence-corrected chi connectivity index (χ1v) is 9.81. The highest BCUT2D eigenvalue weighted by atomic mass is 32.2. The number of aromatic nitrogens is 5. The SMILES string of the molecule is C=C.O=S(C1CC1)N1CCC[C@@H](c2nnc3cnc4[nH]ccc4n23)C1. The number of nitrogens with one attached hydrogen (secondary N) is 1. The molecule has 0 amide bonds. The summed E-state index contributed by atoms with van der Waals surface area (Å²) in [4.78, 5) is 7.50. The minimum Gasteiger partial charge on any atom is -0.345 e. The van der Waals surface area contributed by atoms with Crippen LogP contribution in [0, 0.1) is 0 Å². The van der Waals surface area contributed by atoms with E-state index in [2.05, 4.69) is 42.0 Å². The van der Waals surface area contributed by atoms with Crippen LogP contribution in [0.3, 0.4) is 0 Å². The molecule has 7 nitrogen and oxygen atoms in total. The molecule has 8 heteroatoms. The lowest BCUT2D eigenvalue weighted by atomic mass is 9.99. The molecular weight excluding hydrogens is 336 g/mol. The van der Waals surface area contributed by atoms with E-state index in [1.165, 1.54) is 0 Å². The Morgan fingerprint density at radius 2 is 2.08 bits per heavy atom. The Bertz CT molecular complexity index is 914. The molecule has 3 aromatic heterocycles. The Kier molecular flexibility index (Phi) is 4.39. The number of nitrogens with zero attached hydrogens (tertiary/aromatic N) is 5. The first kappa shape index (κ1) is 16.4. The third-order valence-corrected chi connectivity index (χ3v) is 6.66. The van der Waals surface area contributed by atoms with E-state index in [0.29, 0.717) is 5.25 Å². The zero-order valence-electron chi connectivity index (χ0n) is 14.1. The minimum atomic E-state index is -0.825. The van der Waals surface area contributed by atoms with Crippen LogP contribution in [0.4, 0.5) is 0 Å². The van der Waals surface area contributed by atoms with Gasteiger partial charge in [-0.2, -0.15) is 0 Å². The van der Waals surface area contributed by atoms with Gasteiger partial charge in [0.25, 0.3) is 0 Å². The molecule has 2 fully saturated rings. The summed E-state index contributed by atoms with van der Waals surface area (Å²) in [5.74, 6) is 1.23. The van der Waals surface area contributed by atoms with E-state index in [0.717, 1.165) is 61.4 Å². The van der Waals surface area contributed by atoms with Crippen LogP contribution in [0.25, 0.3) is 16.8 Å². The molecule has 1 aliphatic carbocycles. The van der Waals surface area contributed by atoms with Gasteiger partial charge in [0.2, 0.25) is 0 Å². The predicted octanol–water partition coefficient (Wildman–Crippen LogP) is 2.41. The average molecular weight is 358 g/mol. The molecule has 0 bridgehead atoms. The molecule has 25 heavy (non-hydrogen) atoms. The highest BCUT2D eigenvalue weighted by Crippen LogP contribution is 2.33. The minimum absolute atomic E-state index is 0.266. The number of piperidine rings is 1. The molecule has 132 valence electrons. The average Bonchev–Trinajstić information content (AvgIpc) is 3.24. The van der Waals surface area contributed by atoms with Gasteiger partial charge in [-0.3, -0.25) is 4.40 Å². The second kappa shape index (κ2) is 6.68. The smallest absolute Gasteiger partial charge is 0.179 e. The molecule has 0 aromatic carbocycles. The number of hydrogen-bond acceptors (Lipinski definition) is 4. The van der Waals surface area contributed by atoms with E-state index in [9.17, 15) is 4.21 Å². The number of hydrogen-bond donors (Lipinski definition) is 1. The van der Waals surface area contributed by atoms with Crippen molar-refractivity contribution in [3.63, 3.8) is 0 Å². The Balaban J connectivity index is 0.000000758. The van der Waals surface area contributed by atoms with Crippen LogP contribution in [-0.4, -0.2) is 51.4 Å². The molecule has 2 atom stereocenters. The fourth-order valence-electron chi connectivity index (χ4n) is 3.46. The lowest BCUT2D eigenvalue weighted by Crippen LogP contribution is -2.37. The highest BCUT2D eigenvalue weighted by molar-refractivity contribution is 7.83. The van der Waals surface area contributed by atoms with E-state index in [4.69, 9.17) is 0 Å². The van der Waals surface area contributed by atoms with Gasteiger partial charge in [0.05, 0.1) is 22.7 Å². The molecule has 0 spiro atoms. The summed E-state index contributed by atoms with van der Waals surface area (Å²) in [5.41, 5.74) is 2.61. The van der Waals surface area contributed by atoms with Crippen LogP contribution >= 0.6 is 0 Å². The second-order valence-corrected chi connectivity index (χ2v) is 8.16. The van der Waals surface area contributed by atoms with Crippen LogP contribution in [0.5, 0.6) is 0 Å². The van der Waals surface area contributed by atoms with Crippen LogP contribution < -0.4 is 0 Å². The van der Waals surface area contributed by atoms with Gasteiger partial charge in [0.1, 0.15) is 5.82 Å². The van der Waals surface area contributed by atoms with Crippen molar-refractivity contribution in [2.24, 2.45) is 0 Å². The predicted molar refractivity (Wildman–Crippen MR) is 98.6 cm³/mol. The number of H-pyrrole nitrogens is 1. The molecule has 1 aliphatic heterocycles. The Morgan fingerprint density at radius 1 is 1.24 bits per heavy atom. The zero-order valence-corrected chi connectivity index (χ0v) is 14.9. The number of aromatic amines is 1. The summed E-state index contributed by atoms with van der Waals surface area (Å²) in [6.07, 6.45) is 7.97. The van der Waals surface area contributed by atoms with Gasteiger partial charge in [-0.05, 0) is 31.7 Å². The molecular formula is C17H22N6OS. The first-order chi connectivity index (χ1) is 12.3. The molecule has 3 aromatic rings. The van der Waals surface area contributed by atoms with E-state index in [1.54, 1.807) is 6.20 Å². The van der Waals surface area contributed by atoms with Crippen molar-refractivity contribution in [1.82, 2.24) is 28.9 Å². The molecule has 1 unspecified atom stereocenters. The maximum Gasteiger partial charge on any atom is 0.179 e. The summed E-state index contributed by atoms with van der Waals surface area (Å²) >= 11 is 0. The molecule has 4 heterocycles. The van der Waals surface area contributed by atoms with Crippen molar-refractivity contribution in [3.8, 4) is 0 Å². The van der Waals surface area contributed by atoms with Crippen molar-refractivity contribution in [2.45, 2.75) is 36.9 Å². The second-order valence-electron chi connectivity index (χ2n) is 6.42. The molecule has 1 saturated carbocycles. The normalized spacial score (nSPS) is 22.6. The molecule has 2 aliphatic rings. The number of fused-ring (bicyclic) bond motifs is 3. The third kappa shape index (κ3) is 2.89. The summed E-state index contributed by atoms with van der Waals surface area (Å²) in [5, 5.41) is 9.11. The van der Waals surface area contributed by atoms with Gasteiger partial charge in [-0.15, -0.1) is 23.4 Å². The monoisotopic (exact) mass is 358 g/mol. The highest BCUT2D eigenvalue weighted by Gasteiger charge is 2.36. The van der Waals surface area contributed by atoms with Gasteiger partial charge in [-0.25, -0.2) is 13.5 Å². The molecule has 0 radical (unpaired) electrons. The Hall–Kier alpha value is -2.06. The quantitative estimate of drug-likeness (QED) is 0.729. The summed E-state index contributed by atoms with van der Waals surface area (Å²) in [7, 11) is -0.825. The van der Waals surface area contributed by atoms with Gasteiger partial charge in [0.15, 0.2) is 11.3 Å². The van der Waals surface area contributed by atoms with E-state index >= 15 is 0 Å². The van der Waals surface area contributed by atoms with Crippen molar-refractivity contribution < 1.29 is 4.21 Å². The number of rotatable bonds is 3. The van der Waals surface area contributed by atoms with E-state index < -0.39 is 11.0 Å². The van der Waals surface area contributed by atoms with Crippen LogP contribution in [-0.2, 0) is 11.0 Å². The summed E-state index contributed by atoms with van der Waals surface area (Å²) in [6, 6.07) is 2.01. The van der Waals surface area contributed by atoms with E-state index in [1.807, 2.05) is 12.3 Å². The lowest BCUT2D eigenvalue weighted by Gasteiger charge is -2.30. The Labute approximate surface area is 148 Å². The van der Waals surface area contributed by atoms with Crippen LogP contribution in [0.2, 0.25) is 0 Å². The Morgan fingerprint density at radius 3 is 2.88 bits per heavy atom. The molecule has 1 N–H and O–H groups in total. The fourth-order valence-corrected chi connectivity index (χ4v) is 5.06. The first-order valence-electron chi connectivity index (χ1n) is 8.64. The topological polar surface area (TPSA) is 79.2 Å². The van der Waals surface area contributed by atoms with Gasteiger partial charge in [-0.1, -0.05) is 0 Å². The van der Waals surface area contributed by atoms with Gasteiger partial charge in [0, 0.05) is 30.5 Å². The van der Waals surface area contributed by atoms with Crippen molar-refractivity contribution in [3.05, 3.63) is 37.4 Å². The van der Waals surface area contributed by atoms with Gasteiger partial charge >= 0.3 is 0 Å². The van der Waals surface area contributed by atoms with Crippen LogP contribution in [0.15, 0.2) is 31.6 Å².